The van der Waals surface area contributed by atoms with Gasteiger partial charge in [0.2, 0.25) is 5.95 Å². The number of halogens is 1. The molecule has 0 aliphatic rings. The monoisotopic (exact) mass is 393 g/mol. The zero-order chi connectivity index (χ0) is 19.7. The number of nitrogens with one attached hydrogen (secondary N) is 2. The first kappa shape index (κ1) is 18.0. The lowest BCUT2D eigenvalue weighted by Gasteiger charge is -2.07. The second kappa shape index (κ2) is 7.32. The molecule has 4 rings (SSSR count). The smallest absolute Gasteiger partial charge is 0.257 e. The zero-order valence-corrected chi connectivity index (χ0v) is 16.0. The molecule has 2 aromatic carbocycles. The molecule has 28 heavy (non-hydrogen) atoms. The Kier molecular flexibility index (Phi) is 4.70. The summed E-state index contributed by atoms with van der Waals surface area (Å²) in [4.78, 5) is 25.4. The Balaban J connectivity index is 1.47. The molecule has 0 spiro atoms. The number of hydrogen-bond acceptors (Lipinski definition) is 6. The topological polar surface area (TPSA) is 79.8 Å². The molecule has 2 heterocycles. The second-order valence-corrected chi connectivity index (χ2v) is 7.29. The Morgan fingerprint density at radius 3 is 2.39 bits per heavy atom. The van der Waals surface area contributed by atoms with Crippen LogP contribution >= 0.6 is 11.3 Å². The molecule has 1 amide bonds. The van der Waals surface area contributed by atoms with Crippen LogP contribution in [-0.2, 0) is 0 Å². The summed E-state index contributed by atoms with van der Waals surface area (Å²) >= 11 is 1.23. The summed E-state index contributed by atoms with van der Waals surface area (Å²) in [6, 6.07) is 13.2. The number of hydrogen-bond donors (Lipinski definition) is 2. The van der Waals surface area contributed by atoms with E-state index >= 15 is 0 Å². The molecule has 0 unspecified atom stereocenters. The first-order valence-corrected chi connectivity index (χ1v) is 9.35. The summed E-state index contributed by atoms with van der Waals surface area (Å²) in [7, 11) is 0. The molecule has 0 saturated carbocycles. The van der Waals surface area contributed by atoms with Crippen LogP contribution in [0.25, 0.3) is 10.2 Å². The number of thiazole rings is 1. The van der Waals surface area contributed by atoms with E-state index in [1.807, 2.05) is 19.9 Å². The van der Waals surface area contributed by atoms with Gasteiger partial charge in [-0.25, -0.2) is 19.3 Å². The number of fused-ring (bicyclic) bond motifs is 1. The van der Waals surface area contributed by atoms with Gasteiger partial charge in [-0.05, 0) is 62.4 Å². The third kappa shape index (κ3) is 3.96. The molecule has 0 bridgehead atoms. The quantitative estimate of drug-likeness (QED) is 0.519. The van der Waals surface area contributed by atoms with E-state index < -0.39 is 0 Å². The molecular weight excluding hydrogens is 377 g/mol. The van der Waals surface area contributed by atoms with Crippen molar-refractivity contribution in [3.8, 4) is 0 Å². The molecule has 2 aromatic heterocycles. The van der Waals surface area contributed by atoms with Crippen molar-refractivity contribution < 1.29 is 9.18 Å². The molecule has 0 aliphatic carbocycles. The maximum absolute atomic E-state index is 13.3. The molecule has 2 N–H and O–H groups in total. The fourth-order valence-electron chi connectivity index (χ4n) is 2.74. The Morgan fingerprint density at radius 1 is 0.964 bits per heavy atom. The molecule has 0 saturated heterocycles. The number of aromatic nitrogens is 3. The van der Waals surface area contributed by atoms with Gasteiger partial charge >= 0.3 is 0 Å². The number of rotatable bonds is 4. The average Bonchev–Trinajstić information content (AvgIpc) is 3.02. The van der Waals surface area contributed by atoms with Crippen LogP contribution in [0.4, 0.5) is 21.2 Å². The highest BCUT2D eigenvalue weighted by molar-refractivity contribution is 7.22. The van der Waals surface area contributed by atoms with Gasteiger partial charge in [0.15, 0.2) is 5.13 Å². The second-order valence-electron chi connectivity index (χ2n) is 6.26. The molecule has 4 aromatic rings. The fraction of sp³-hybridized carbons (Fsp3) is 0.100. The minimum absolute atomic E-state index is 0.284. The third-order valence-electron chi connectivity index (χ3n) is 3.96. The van der Waals surface area contributed by atoms with Crippen molar-refractivity contribution in [2.45, 2.75) is 13.8 Å². The van der Waals surface area contributed by atoms with Crippen molar-refractivity contribution in [1.82, 2.24) is 15.0 Å². The maximum Gasteiger partial charge on any atom is 0.257 e. The molecular formula is C20H16FN5OS. The van der Waals surface area contributed by atoms with Gasteiger partial charge in [-0.1, -0.05) is 11.3 Å². The number of benzene rings is 2. The van der Waals surface area contributed by atoms with Gasteiger partial charge in [-0.3, -0.25) is 10.1 Å². The molecule has 8 heteroatoms. The summed E-state index contributed by atoms with van der Waals surface area (Å²) in [5.74, 6) is -0.102. The van der Waals surface area contributed by atoms with E-state index in [-0.39, 0.29) is 11.7 Å². The van der Waals surface area contributed by atoms with Crippen molar-refractivity contribution in [1.29, 1.82) is 0 Å². The van der Waals surface area contributed by atoms with Gasteiger partial charge in [-0.15, -0.1) is 0 Å². The first-order chi connectivity index (χ1) is 13.5. The lowest BCUT2D eigenvalue weighted by Crippen LogP contribution is -2.11. The number of nitrogens with zero attached hydrogens (tertiary/aromatic N) is 3. The molecule has 140 valence electrons. The van der Waals surface area contributed by atoms with Crippen molar-refractivity contribution in [3.05, 3.63) is 71.3 Å². The van der Waals surface area contributed by atoms with Crippen LogP contribution in [0.2, 0.25) is 0 Å². The Morgan fingerprint density at radius 2 is 1.68 bits per heavy atom. The minimum Gasteiger partial charge on any atom is -0.324 e. The van der Waals surface area contributed by atoms with Crippen molar-refractivity contribution >= 4 is 44.2 Å². The minimum atomic E-state index is -0.329. The van der Waals surface area contributed by atoms with Crippen LogP contribution in [0.15, 0.2) is 48.5 Å². The average molecular weight is 393 g/mol. The van der Waals surface area contributed by atoms with E-state index in [1.54, 1.807) is 30.3 Å². The standard InChI is InChI=1S/C20H16FN5OS/c1-11-9-12(2)23-19(22-11)24-15-6-3-13(4-7-15)18(27)26-20-25-16-8-5-14(21)10-17(16)28-20/h3-10H,1-2H3,(H,22,23,24)(H,25,26,27). The lowest BCUT2D eigenvalue weighted by atomic mass is 10.2. The molecule has 0 aliphatic heterocycles. The number of anilines is 3. The van der Waals surface area contributed by atoms with Gasteiger partial charge in [0.1, 0.15) is 5.82 Å². The molecule has 0 atom stereocenters. The molecule has 0 radical (unpaired) electrons. The van der Waals surface area contributed by atoms with Crippen LogP contribution in [0.3, 0.4) is 0 Å². The van der Waals surface area contributed by atoms with Crippen molar-refractivity contribution in [2.24, 2.45) is 0 Å². The first-order valence-electron chi connectivity index (χ1n) is 8.53. The number of aryl methyl sites for hydroxylation is 2. The SMILES string of the molecule is Cc1cc(C)nc(Nc2ccc(C(=O)Nc3nc4ccc(F)cc4s3)cc2)n1. The van der Waals surface area contributed by atoms with Gasteiger partial charge in [0.05, 0.1) is 10.2 Å². The Hall–Kier alpha value is -3.39. The highest BCUT2D eigenvalue weighted by Crippen LogP contribution is 2.27. The fourth-order valence-corrected chi connectivity index (χ4v) is 3.62. The van der Waals surface area contributed by atoms with Crippen molar-refractivity contribution in [3.63, 3.8) is 0 Å². The van der Waals surface area contributed by atoms with Crippen molar-refractivity contribution in [2.75, 3.05) is 10.6 Å². The van der Waals surface area contributed by atoms with Gasteiger partial charge in [0.25, 0.3) is 5.91 Å². The van der Waals surface area contributed by atoms with Crippen LogP contribution in [0.1, 0.15) is 21.7 Å². The largest absolute Gasteiger partial charge is 0.324 e. The summed E-state index contributed by atoms with van der Waals surface area (Å²) in [5.41, 5.74) is 3.66. The van der Waals surface area contributed by atoms with E-state index in [0.717, 1.165) is 17.1 Å². The van der Waals surface area contributed by atoms with Crippen LogP contribution < -0.4 is 10.6 Å². The summed E-state index contributed by atoms with van der Waals surface area (Å²) in [6.45, 7) is 3.81. The van der Waals surface area contributed by atoms with E-state index in [2.05, 4.69) is 25.6 Å². The van der Waals surface area contributed by atoms with E-state index in [9.17, 15) is 9.18 Å². The Labute approximate surface area is 164 Å². The maximum atomic E-state index is 13.3. The molecule has 6 nitrogen and oxygen atoms in total. The van der Waals surface area contributed by atoms with E-state index in [4.69, 9.17) is 0 Å². The normalized spacial score (nSPS) is 10.8. The Bertz CT molecular complexity index is 1150. The van der Waals surface area contributed by atoms with Gasteiger partial charge < -0.3 is 5.32 Å². The summed E-state index contributed by atoms with van der Waals surface area (Å²) < 4.78 is 14.0. The van der Waals surface area contributed by atoms with Crippen LogP contribution in [-0.4, -0.2) is 20.9 Å². The summed E-state index contributed by atoms with van der Waals surface area (Å²) in [5, 5.41) is 6.30. The van der Waals surface area contributed by atoms with Crippen LogP contribution in [0.5, 0.6) is 0 Å². The highest BCUT2D eigenvalue weighted by atomic mass is 32.1. The van der Waals surface area contributed by atoms with Gasteiger partial charge in [-0.2, -0.15) is 0 Å². The predicted octanol–water partition coefficient (Wildman–Crippen LogP) is 4.84. The number of amides is 1. The zero-order valence-electron chi connectivity index (χ0n) is 15.2. The van der Waals surface area contributed by atoms with Gasteiger partial charge in [0, 0.05) is 22.6 Å². The lowest BCUT2D eigenvalue weighted by molar-refractivity contribution is 0.102. The molecule has 0 fully saturated rings. The van der Waals surface area contributed by atoms with E-state index in [0.29, 0.717) is 26.9 Å². The number of carbonyl (C=O) groups excluding carboxylic acids is 1. The summed E-state index contributed by atoms with van der Waals surface area (Å²) in [6.07, 6.45) is 0. The highest BCUT2D eigenvalue weighted by Gasteiger charge is 2.11. The van der Waals surface area contributed by atoms with E-state index in [1.165, 1.54) is 23.5 Å². The third-order valence-corrected chi connectivity index (χ3v) is 4.89. The number of carbonyl (C=O) groups is 1. The van der Waals surface area contributed by atoms with Crippen LogP contribution in [0, 0.1) is 19.7 Å². The predicted molar refractivity (Wildman–Crippen MR) is 109 cm³/mol.